The van der Waals surface area contributed by atoms with Crippen LogP contribution in [0.4, 0.5) is 0 Å². The molecular weight excluding hydrogens is 390 g/mol. The molecule has 2 aliphatic heterocycles. The smallest absolute Gasteiger partial charge is 0.223 e. The van der Waals surface area contributed by atoms with Gasteiger partial charge in [-0.1, -0.05) is 6.92 Å². The molecule has 0 radical (unpaired) electrons. The zero-order valence-electron chi connectivity index (χ0n) is 18.9. The Morgan fingerprint density at radius 1 is 1.16 bits per heavy atom. The molecule has 2 fully saturated rings. The molecule has 1 aromatic heterocycles. The second-order valence-electron chi connectivity index (χ2n) is 9.18. The molecule has 6 heteroatoms. The zero-order chi connectivity index (χ0) is 21.6. The normalized spacial score (nSPS) is 20.7. The summed E-state index contributed by atoms with van der Waals surface area (Å²) in [5.74, 6) is 3.84. The molecule has 6 nitrogen and oxygen atoms in total. The highest BCUT2D eigenvalue weighted by atomic mass is 16.5. The molecule has 0 spiro atoms. The van der Waals surface area contributed by atoms with Gasteiger partial charge in [0.05, 0.1) is 13.3 Å². The number of nitrogens with zero attached hydrogens (tertiary/aromatic N) is 3. The number of likely N-dealkylation sites (tertiary alicyclic amines) is 2. The van der Waals surface area contributed by atoms with E-state index in [1.54, 1.807) is 13.3 Å². The molecule has 1 aromatic carbocycles. The van der Waals surface area contributed by atoms with E-state index in [1.165, 1.54) is 32.4 Å². The van der Waals surface area contributed by atoms with Crippen molar-refractivity contribution < 1.29 is 13.9 Å². The number of hydrogen-bond donors (Lipinski definition) is 0. The number of amides is 1. The second kappa shape index (κ2) is 10.3. The van der Waals surface area contributed by atoms with Crippen molar-refractivity contribution in [2.24, 2.45) is 11.8 Å². The SMILES string of the molecule is COc1ccc(-c2cnc(CCC(=O)N3CCCC(CN4CCC(C)CC4)C3)o2)cc1. The lowest BCUT2D eigenvalue weighted by molar-refractivity contribution is -0.133. The van der Waals surface area contributed by atoms with Crippen molar-refractivity contribution in [3.05, 3.63) is 36.4 Å². The van der Waals surface area contributed by atoms with Gasteiger partial charge in [0, 0.05) is 38.0 Å². The lowest BCUT2D eigenvalue weighted by atomic mass is 9.94. The van der Waals surface area contributed by atoms with Gasteiger partial charge in [0.25, 0.3) is 0 Å². The number of benzene rings is 1. The van der Waals surface area contributed by atoms with Gasteiger partial charge in [0.1, 0.15) is 5.75 Å². The van der Waals surface area contributed by atoms with Crippen LogP contribution >= 0.6 is 0 Å². The quantitative estimate of drug-likeness (QED) is 0.664. The Balaban J connectivity index is 1.25. The fraction of sp³-hybridized carbons (Fsp3) is 0.600. The molecule has 31 heavy (non-hydrogen) atoms. The Labute approximate surface area is 185 Å². The third kappa shape index (κ3) is 5.88. The van der Waals surface area contributed by atoms with E-state index in [9.17, 15) is 4.79 Å². The molecule has 0 bridgehead atoms. The van der Waals surface area contributed by atoms with Gasteiger partial charge in [-0.25, -0.2) is 4.98 Å². The molecule has 1 atom stereocenters. The van der Waals surface area contributed by atoms with Crippen LogP contribution in [0, 0.1) is 11.8 Å². The van der Waals surface area contributed by atoms with Gasteiger partial charge in [-0.2, -0.15) is 0 Å². The maximum atomic E-state index is 12.8. The van der Waals surface area contributed by atoms with Crippen molar-refractivity contribution in [3.63, 3.8) is 0 Å². The first-order valence-corrected chi connectivity index (χ1v) is 11.7. The van der Waals surface area contributed by atoms with Crippen molar-refractivity contribution in [3.8, 4) is 17.1 Å². The average Bonchev–Trinajstić information content (AvgIpc) is 3.28. The Kier molecular flexibility index (Phi) is 7.28. The van der Waals surface area contributed by atoms with Crippen molar-refractivity contribution in [2.45, 2.75) is 45.4 Å². The lowest BCUT2D eigenvalue weighted by Crippen LogP contribution is -2.45. The monoisotopic (exact) mass is 425 g/mol. The van der Waals surface area contributed by atoms with Gasteiger partial charge in [0.2, 0.25) is 5.91 Å². The van der Waals surface area contributed by atoms with Crippen molar-refractivity contribution >= 4 is 5.91 Å². The van der Waals surface area contributed by atoms with E-state index < -0.39 is 0 Å². The van der Waals surface area contributed by atoms with Crippen LogP contribution in [-0.2, 0) is 11.2 Å². The molecule has 168 valence electrons. The van der Waals surface area contributed by atoms with Crippen LogP contribution < -0.4 is 4.74 Å². The predicted octanol–water partition coefficient (Wildman–Crippen LogP) is 4.25. The maximum absolute atomic E-state index is 12.8. The molecule has 2 aliphatic rings. The summed E-state index contributed by atoms with van der Waals surface area (Å²) in [4.78, 5) is 21.9. The van der Waals surface area contributed by atoms with Crippen LogP contribution in [0.15, 0.2) is 34.9 Å². The number of methoxy groups -OCH3 is 1. The Morgan fingerprint density at radius 3 is 2.68 bits per heavy atom. The van der Waals surface area contributed by atoms with Gasteiger partial charge in [-0.3, -0.25) is 4.79 Å². The van der Waals surface area contributed by atoms with Crippen LogP contribution in [0.25, 0.3) is 11.3 Å². The van der Waals surface area contributed by atoms with Crippen molar-refractivity contribution in [1.29, 1.82) is 0 Å². The van der Waals surface area contributed by atoms with E-state index in [4.69, 9.17) is 9.15 Å². The summed E-state index contributed by atoms with van der Waals surface area (Å²) in [5, 5.41) is 0. The van der Waals surface area contributed by atoms with Gasteiger partial charge in [-0.15, -0.1) is 0 Å². The molecule has 1 amide bonds. The minimum Gasteiger partial charge on any atom is -0.497 e. The third-order valence-electron chi connectivity index (χ3n) is 6.75. The highest BCUT2D eigenvalue weighted by molar-refractivity contribution is 5.76. The van der Waals surface area contributed by atoms with E-state index in [1.807, 2.05) is 24.3 Å². The summed E-state index contributed by atoms with van der Waals surface area (Å²) < 4.78 is 11.1. The number of carbonyl (C=O) groups excluding carboxylic acids is 1. The Hall–Kier alpha value is -2.34. The van der Waals surface area contributed by atoms with Crippen molar-refractivity contribution in [2.75, 3.05) is 39.8 Å². The molecule has 2 saturated heterocycles. The molecule has 3 heterocycles. The average molecular weight is 426 g/mol. The first kappa shape index (κ1) is 21.9. The van der Waals surface area contributed by atoms with Crippen LogP contribution in [-0.4, -0.2) is 60.5 Å². The molecule has 0 saturated carbocycles. The third-order valence-corrected chi connectivity index (χ3v) is 6.75. The predicted molar refractivity (Wildman–Crippen MR) is 121 cm³/mol. The summed E-state index contributed by atoms with van der Waals surface area (Å²) in [7, 11) is 1.65. The van der Waals surface area contributed by atoms with E-state index in [0.717, 1.165) is 49.0 Å². The number of aromatic nitrogens is 1. The summed E-state index contributed by atoms with van der Waals surface area (Å²) in [6.45, 7) is 7.70. The number of oxazole rings is 1. The van der Waals surface area contributed by atoms with E-state index in [2.05, 4.69) is 21.7 Å². The van der Waals surface area contributed by atoms with Crippen LogP contribution in [0.5, 0.6) is 5.75 Å². The number of ether oxygens (including phenoxy) is 1. The van der Waals surface area contributed by atoms with Gasteiger partial charge in [0.15, 0.2) is 11.7 Å². The highest BCUT2D eigenvalue weighted by Gasteiger charge is 2.26. The van der Waals surface area contributed by atoms with Crippen LogP contribution in [0.3, 0.4) is 0 Å². The largest absolute Gasteiger partial charge is 0.497 e. The lowest BCUT2D eigenvalue weighted by Gasteiger charge is -2.37. The first-order valence-electron chi connectivity index (χ1n) is 11.7. The first-order chi connectivity index (χ1) is 15.1. The number of hydrogen-bond acceptors (Lipinski definition) is 5. The standard InChI is InChI=1S/C25H35N3O3/c1-19-11-14-27(15-12-19)17-20-4-3-13-28(18-20)25(29)10-9-24-26-16-23(31-24)21-5-7-22(30-2)8-6-21/h5-8,16,19-20H,3-4,9-15,17-18H2,1-2H3. The number of carbonyl (C=O) groups is 1. The fourth-order valence-electron chi connectivity index (χ4n) is 4.74. The van der Waals surface area contributed by atoms with Gasteiger partial charge in [-0.05, 0) is 74.9 Å². The second-order valence-corrected chi connectivity index (χ2v) is 9.18. The number of piperidine rings is 2. The maximum Gasteiger partial charge on any atom is 0.223 e. The summed E-state index contributed by atoms with van der Waals surface area (Å²) in [6.07, 6.45) is 7.70. The van der Waals surface area contributed by atoms with E-state index in [0.29, 0.717) is 24.7 Å². The minimum atomic E-state index is 0.223. The molecule has 4 rings (SSSR count). The van der Waals surface area contributed by atoms with E-state index >= 15 is 0 Å². The number of aryl methyl sites for hydroxylation is 1. The Bertz CT molecular complexity index is 840. The highest BCUT2D eigenvalue weighted by Crippen LogP contribution is 2.25. The topological polar surface area (TPSA) is 58.8 Å². The van der Waals surface area contributed by atoms with Gasteiger partial charge < -0.3 is 19.0 Å². The van der Waals surface area contributed by atoms with E-state index in [-0.39, 0.29) is 5.91 Å². The van der Waals surface area contributed by atoms with Crippen LogP contribution in [0.1, 0.15) is 44.9 Å². The molecular formula is C25H35N3O3. The van der Waals surface area contributed by atoms with Crippen molar-refractivity contribution in [1.82, 2.24) is 14.8 Å². The Morgan fingerprint density at radius 2 is 1.94 bits per heavy atom. The molecule has 0 N–H and O–H groups in total. The minimum absolute atomic E-state index is 0.223. The zero-order valence-corrected chi connectivity index (χ0v) is 18.9. The summed E-state index contributed by atoms with van der Waals surface area (Å²) >= 11 is 0. The molecule has 1 unspecified atom stereocenters. The number of rotatable bonds is 7. The molecule has 0 aliphatic carbocycles. The molecule has 2 aromatic rings. The van der Waals surface area contributed by atoms with Gasteiger partial charge >= 0.3 is 0 Å². The summed E-state index contributed by atoms with van der Waals surface area (Å²) in [6, 6.07) is 7.70. The fourth-order valence-corrected chi connectivity index (χ4v) is 4.74. The van der Waals surface area contributed by atoms with Crippen LogP contribution in [0.2, 0.25) is 0 Å². The summed E-state index contributed by atoms with van der Waals surface area (Å²) in [5.41, 5.74) is 0.955.